The molecule has 0 bridgehead atoms. The van der Waals surface area contributed by atoms with Crippen LogP contribution in [-0.2, 0) is 0 Å². The zero-order valence-electron chi connectivity index (χ0n) is 2.00. The Morgan fingerprint density at radius 1 is 1.40 bits per heavy atom. The van der Waals surface area contributed by atoms with E-state index in [1.54, 1.807) is 0 Å². The molecule has 0 saturated carbocycles. The van der Waals surface area contributed by atoms with Crippen LogP contribution < -0.4 is 27.9 Å². The van der Waals surface area contributed by atoms with E-state index in [4.69, 9.17) is 10.3 Å². The fraction of sp³-hybridized carbons (Fsp3) is 0. The molecule has 0 aromatic carbocycles. The van der Waals surface area contributed by atoms with Crippen LogP contribution in [0.4, 0.5) is 0 Å². The van der Waals surface area contributed by atoms with E-state index in [-0.39, 0.29) is 6.15 Å². The Hall–Kier alpha value is 0.519. The minimum absolute atomic E-state index is 0. The third kappa shape index (κ3) is 106. The second kappa shape index (κ2) is 4.52. The Labute approximate surface area is 38.1 Å². The van der Waals surface area contributed by atoms with Gasteiger partial charge in [0.25, 0.3) is 0 Å². The molecule has 0 aromatic rings. The van der Waals surface area contributed by atoms with Gasteiger partial charge in [-0.1, -0.05) is 0 Å². The van der Waals surface area contributed by atoms with Gasteiger partial charge in [0.1, 0.15) is 0 Å². The van der Waals surface area contributed by atoms with Crippen molar-refractivity contribution in [1.29, 1.82) is 0 Å². The van der Waals surface area contributed by atoms with E-state index in [9.17, 15) is 0 Å². The molecule has 0 spiro atoms. The van der Waals surface area contributed by atoms with Crippen LogP contribution in [-0.4, -0.2) is 3.44 Å². The summed E-state index contributed by atoms with van der Waals surface area (Å²) in [5.41, 5.74) is 0. The molecule has 5 heteroatoms. The first-order valence-electron chi connectivity index (χ1n) is 0.478. The minimum Gasteiger partial charge on any atom is -0.396 e. The van der Waals surface area contributed by atoms with Gasteiger partial charge in [0.2, 0.25) is 0 Å². The van der Waals surface area contributed by atoms with Gasteiger partial charge in [0.05, 0.1) is 0 Å². The summed E-state index contributed by atoms with van der Waals surface area (Å²) >= 11 is -3.76. The van der Waals surface area contributed by atoms with E-state index in [0.717, 1.165) is 0 Å². The van der Waals surface area contributed by atoms with Gasteiger partial charge in [0, 0.05) is 6.15 Å². The zero-order chi connectivity index (χ0) is 3.58. The Balaban J connectivity index is 0. The largest absolute Gasteiger partial charge is 0.503 e. The Morgan fingerprint density at radius 3 is 1.40 bits per heavy atom. The molecular weight excluding hydrogens is 195 g/mol. The predicted molar refractivity (Wildman–Crippen MR) is 2.22 cm³/mol. The van der Waals surface area contributed by atoms with Crippen molar-refractivity contribution in [1.82, 2.24) is 0 Å². The molecule has 5 heavy (non-hydrogen) atoms. The van der Waals surface area contributed by atoms with Gasteiger partial charge in [-0.05, 0) is 3.44 Å². The summed E-state index contributed by atoms with van der Waals surface area (Å²) in [6, 6.07) is 0. The van der Waals surface area contributed by atoms with Crippen molar-refractivity contribution in [2.75, 3.05) is 0 Å². The van der Waals surface area contributed by atoms with Crippen LogP contribution in [0.2, 0.25) is 0 Å². The molecule has 0 aliphatic carbocycles. The van der Waals surface area contributed by atoms with E-state index in [0.29, 0.717) is 0 Å². The summed E-state index contributed by atoms with van der Waals surface area (Å²) in [5.74, 6) is 0. The van der Waals surface area contributed by atoms with Crippen LogP contribution in [0.25, 0.3) is 0 Å². The first kappa shape index (κ1) is 9.10. The summed E-state index contributed by atoms with van der Waals surface area (Å²) in [4.78, 5) is 0. The fourth-order valence-electron chi connectivity index (χ4n) is 0. The van der Waals surface area contributed by atoms with Crippen LogP contribution in [0.15, 0.2) is 0 Å². The summed E-state index contributed by atoms with van der Waals surface area (Å²) in [7, 11) is 0. The van der Waals surface area contributed by atoms with E-state index < -0.39 is 21.1 Å². The van der Waals surface area contributed by atoms with E-state index in [2.05, 4.69) is 0 Å². The number of halogens is 1. The molecule has 34 valence electrons. The Bertz CT molecular complexity index is 11.6. The first-order valence-corrected chi connectivity index (χ1v) is 3.20. The average Bonchev–Trinajstić information content (AvgIpc) is 0.811. The number of rotatable bonds is 0. The van der Waals surface area contributed by atoms with Gasteiger partial charge >= 0.3 is 21.1 Å². The average molecular weight is 196 g/mol. The molecule has 0 fully saturated rings. The van der Waals surface area contributed by atoms with Crippen LogP contribution in [0, 0.1) is 6.15 Å². The van der Waals surface area contributed by atoms with Gasteiger partial charge in [-0.15, -0.1) is 0 Å². The van der Waals surface area contributed by atoms with Crippen molar-refractivity contribution in [2.45, 2.75) is 0 Å². The second-order valence-corrected chi connectivity index (χ2v) is 1.35. The maximum absolute atomic E-state index is 8.68. The minimum atomic E-state index is -3.76. The maximum atomic E-state index is 8.68. The van der Waals surface area contributed by atoms with Crippen molar-refractivity contribution in [2.24, 2.45) is 0 Å². The Morgan fingerprint density at radius 2 is 1.40 bits per heavy atom. The normalized spacial score (nSPS) is 7.20. The van der Waals surface area contributed by atoms with Gasteiger partial charge in [0.15, 0.2) is 0 Å². The van der Waals surface area contributed by atoms with Crippen molar-refractivity contribution in [3.05, 3.63) is 0 Å². The molecule has 0 unspecified atom stereocenters. The summed E-state index contributed by atoms with van der Waals surface area (Å²) in [6.45, 7) is 0. The first-order chi connectivity index (χ1) is 1.73. The molecule has 3 nitrogen and oxygen atoms in total. The molecule has 0 aliphatic heterocycles. The Kier molecular flexibility index (Phi) is 8.23. The summed E-state index contributed by atoms with van der Waals surface area (Å²) in [6.07, 6.45) is 0. The number of hydrogen-bond acceptors (Lipinski definition) is 3. The molecule has 0 atom stereocenters. The molecule has 0 amide bonds. The summed E-state index contributed by atoms with van der Waals surface area (Å²) < 4.78 is 24.5. The van der Waals surface area contributed by atoms with Crippen molar-refractivity contribution >= 4 is 0 Å². The van der Waals surface area contributed by atoms with Crippen LogP contribution >= 0.6 is 0 Å². The standard InChI is InChI=1S/HIO3.Ne/c2-1(3)4;/h2H;. The van der Waals surface area contributed by atoms with Crippen molar-refractivity contribution < 1.29 is 37.5 Å². The molecule has 0 heterocycles. The second-order valence-electron chi connectivity index (χ2n) is 0.201. The molecule has 0 saturated heterocycles. The molecule has 1 N–H and O–H groups in total. The van der Waals surface area contributed by atoms with Gasteiger partial charge in [-0.25, -0.2) is 0 Å². The van der Waals surface area contributed by atoms with Gasteiger partial charge in [-0.3, -0.25) is 0 Å². The summed E-state index contributed by atoms with van der Waals surface area (Å²) in [5, 5.41) is 0. The topological polar surface area (TPSA) is 66.3 Å². The molecular formula is HINeO3. The van der Waals surface area contributed by atoms with E-state index >= 15 is 0 Å². The molecule has 0 radical (unpaired) electrons. The van der Waals surface area contributed by atoms with Crippen molar-refractivity contribution in [3.63, 3.8) is 0 Å². The maximum Gasteiger partial charge on any atom is 0.503 e. The van der Waals surface area contributed by atoms with Gasteiger partial charge < -0.3 is 6.87 Å². The third-order valence-electron chi connectivity index (χ3n) is 0. The van der Waals surface area contributed by atoms with E-state index in [1.807, 2.05) is 0 Å². The predicted octanol–water partition coefficient (Wildman–Crippen LogP) is -5.93. The SMILES string of the molecule is [Ne].[O-][I+2]([O-])O. The fourth-order valence-corrected chi connectivity index (χ4v) is 0. The number of hydrogen-bond donors (Lipinski definition) is 1. The van der Waals surface area contributed by atoms with Crippen LogP contribution in [0.3, 0.4) is 0 Å². The molecule has 0 rings (SSSR count). The van der Waals surface area contributed by atoms with E-state index in [1.165, 1.54) is 0 Å². The van der Waals surface area contributed by atoms with Crippen LogP contribution in [0.5, 0.6) is 0 Å². The zero-order valence-corrected chi connectivity index (χ0v) is 4.15. The smallest absolute Gasteiger partial charge is 0.396 e. The monoisotopic (exact) mass is 196 g/mol. The molecule has 0 aromatic heterocycles. The third-order valence-corrected chi connectivity index (χ3v) is 0. The van der Waals surface area contributed by atoms with Crippen molar-refractivity contribution in [3.8, 4) is 0 Å². The van der Waals surface area contributed by atoms with Crippen LogP contribution in [0.1, 0.15) is 0 Å². The quantitative estimate of drug-likeness (QED) is 0.392. The van der Waals surface area contributed by atoms with Gasteiger partial charge in [-0.2, -0.15) is 0 Å². The molecule has 0 aliphatic rings.